The summed E-state index contributed by atoms with van der Waals surface area (Å²) in [6, 6.07) is 8.34. The lowest BCUT2D eigenvalue weighted by atomic mass is 9.51. The van der Waals surface area contributed by atoms with Crippen LogP contribution < -0.4 is 4.74 Å². The van der Waals surface area contributed by atoms with E-state index in [2.05, 4.69) is 19.1 Å². The van der Waals surface area contributed by atoms with Crippen molar-refractivity contribution < 1.29 is 9.53 Å². The number of fused-ring (bicyclic) bond motifs is 3. The fourth-order valence-electron chi connectivity index (χ4n) is 5.06. The average Bonchev–Trinajstić information content (AvgIpc) is 2.68. The third kappa shape index (κ3) is 4.22. The monoisotopic (exact) mass is 354 g/mol. The summed E-state index contributed by atoms with van der Waals surface area (Å²) in [5.41, 5.74) is 2.47. The maximum atomic E-state index is 11.7. The van der Waals surface area contributed by atoms with Crippen molar-refractivity contribution in [3.05, 3.63) is 42.0 Å². The Kier molecular flexibility index (Phi) is 6.21. The van der Waals surface area contributed by atoms with Crippen LogP contribution in [0.4, 0.5) is 0 Å². The smallest absolute Gasteiger partial charge is 0.335 e. The number of ether oxygens (including phenoxy) is 1. The molecule has 0 aromatic heterocycles. The van der Waals surface area contributed by atoms with Gasteiger partial charge < -0.3 is 4.74 Å². The SMILES string of the molecule is CCC=CC(=O)Oc1ccc(C23CCC(CCCCC)(CC2)CC3)cc1. The minimum Gasteiger partial charge on any atom is -0.423 e. The van der Waals surface area contributed by atoms with Gasteiger partial charge in [0.25, 0.3) is 0 Å². The van der Waals surface area contributed by atoms with Crippen molar-refractivity contribution in [2.24, 2.45) is 5.41 Å². The summed E-state index contributed by atoms with van der Waals surface area (Å²) in [5.74, 6) is 0.362. The van der Waals surface area contributed by atoms with Crippen molar-refractivity contribution in [1.29, 1.82) is 0 Å². The highest BCUT2D eigenvalue weighted by Crippen LogP contribution is 2.59. The number of rotatable bonds is 8. The van der Waals surface area contributed by atoms with Crippen LogP contribution in [0.25, 0.3) is 0 Å². The van der Waals surface area contributed by atoms with E-state index in [1.54, 1.807) is 0 Å². The molecule has 0 heterocycles. The topological polar surface area (TPSA) is 26.3 Å². The molecule has 0 aliphatic heterocycles. The molecule has 0 atom stereocenters. The first-order valence-electron chi connectivity index (χ1n) is 10.6. The standard InChI is InChI=1S/C24H34O2/c1-3-5-7-13-23-14-17-24(18-15-23,19-16-23)20-9-11-21(12-10-20)26-22(25)8-6-4-2/h6,8-12H,3-5,7,13-19H2,1-2H3. The zero-order valence-electron chi connectivity index (χ0n) is 16.6. The third-order valence-electron chi connectivity index (χ3n) is 6.89. The quantitative estimate of drug-likeness (QED) is 0.224. The Hall–Kier alpha value is -1.57. The Morgan fingerprint density at radius 1 is 1.00 bits per heavy atom. The first-order valence-corrected chi connectivity index (χ1v) is 10.6. The summed E-state index contributed by atoms with van der Waals surface area (Å²) in [5, 5.41) is 0. The van der Waals surface area contributed by atoms with E-state index in [4.69, 9.17) is 4.74 Å². The zero-order chi connectivity index (χ0) is 18.5. The van der Waals surface area contributed by atoms with Crippen LogP contribution in [0.1, 0.15) is 90.0 Å². The van der Waals surface area contributed by atoms with E-state index >= 15 is 0 Å². The van der Waals surface area contributed by atoms with Crippen LogP contribution in [0, 0.1) is 5.41 Å². The second kappa shape index (κ2) is 8.41. The number of unbranched alkanes of at least 4 members (excludes halogenated alkanes) is 2. The van der Waals surface area contributed by atoms with Gasteiger partial charge >= 0.3 is 5.97 Å². The lowest BCUT2D eigenvalue weighted by Crippen LogP contribution is -2.44. The van der Waals surface area contributed by atoms with E-state index in [1.807, 2.05) is 25.1 Å². The summed E-state index contributed by atoms with van der Waals surface area (Å²) < 4.78 is 5.38. The highest BCUT2D eigenvalue weighted by Gasteiger charge is 2.48. The number of esters is 1. The minimum absolute atomic E-state index is 0.287. The van der Waals surface area contributed by atoms with Crippen molar-refractivity contribution in [2.75, 3.05) is 0 Å². The summed E-state index contributed by atoms with van der Waals surface area (Å²) in [6.45, 7) is 4.30. The van der Waals surface area contributed by atoms with Gasteiger partial charge in [0.15, 0.2) is 0 Å². The van der Waals surface area contributed by atoms with Crippen LogP contribution >= 0.6 is 0 Å². The lowest BCUT2D eigenvalue weighted by molar-refractivity contribution is -0.129. The molecule has 1 aromatic carbocycles. The largest absolute Gasteiger partial charge is 0.423 e. The second-order valence-corrected chi connectivity index (χ2v) is 8.49. The van der Waals surface area contributed by atoms with Gasteiger partial charge in [0, 0.05) is 6.08 Å². The van der Waals surface area contributed by atoms with Crippen molar-refractivity contribution in [3.8, 4) is 5.75 Å². The molecule has 4 rings (SSSR count). The van der Waals surface area contributed by atoms with Crippen LogP contribution in [0.2, 0.25) is 0 Å². The van der Waals surface area contributed by atoms with E-state index in [0.29, 0.717) is 16.6 Å². The molecule has 1 aromatic rings. The van der Waals surface area contributed by atoms with Crippen LogP contribution in [0.15, 0.2) is 36.4 Å². The molecule has 0 N–H and O–H groups in total. The van der Waals surface area contributed by atoms with Gasteiger partial charge in [-0.3, -0.25) is 0 Å². The summed E-state index contributed by atoms with van der Waals surface area (Å²) >= 11 is 0. The maximum absolute atomic E-state index is 11.7. The predicted molar refractivity (Wildman–Crippen MR) is 107 cm³/mol. The van der Waals surface area contributed by atoms with Gasteiger partial charge in [0.1, 0.15) is 5.75 Å². The fraction of sp³-hybridized carbons (Fsp3) is 0.625. The minimum atomic E-state index is -0.287. The molecule has 2 bridgehead atoms. The van der Waals surface area contributed by atoms with Gasteiger partial charge in [0.2, 0.25) is 0 Å². The highest BCUT2D eigenvalue weighted by atomic mass is 16.5. The van der Waals surface area contributed by atoms with E-state index in [-0.39, 0.29) is 5.97 Å². The lowest BCUT2D eigenvalue weighted by Gasteiger charge is -2.54. The van der Waals surface area contributed by atoms with Gasteiger partial charge in [-0.15, -0.1) is 0 Å². The van der Waals surface area contributed by atoms with Gasteiger partial charge in [-0.1, -0.05) is 51.3 Å². The summed E-state index contributed by atoms with van der Waals surface area (Å²) in [6.07, 6.45) is 17.9. The number of allylic oxidation sites excluding steroid dienone is 1. The van der Waals surface area contributed by atoms with Crippen molar-refractivity contribution in [2.45, 2.75) is 89.9 Å². The second-order valence-electron chi connectivity index (χ2n) is 8.49. The average molecular weight is 355 g/mol. The normalized spacial score (nSPS) is 27.8. The third-order valence-corrected chi connectivity index (χ3v) is 6.89. The molecule has 0 amide bonds. The van der Waals surface area contributed by atoms with Crippen molar-refractivity contribution in [1.82, 2.24) is 0 Å². The molecule has 142 valence electrons. The molecule has 0 spiro atoms. The molecular formula is C24H34O2. The Labute approximate surface area is 159 Å². The number of carbonyl (C=O) groups is 1. The fourth-order valence-corrected chi connectivity index (χ4v) is 5.06. The number of carbonyl (C=O) groups excluding carboxylic acids is 1. The van der Waals surface area contributed by atoms with Gasteiger partial charge in [-0.25, -0.2) is 4.79 Å². The van der Waals surface area contributed by atoms with E-state index in [1.165, 1.54) is 75.8 Å². The van der Waals surface area contributed by atoms with Crippen LogP contribution in [0.5, 0.6) is 5.75 Å². The molecule has 3 aliphatic carbocycles. The maximum Gasteiger partial charge on any atom is 0.335 e. The molecule has 3 saturated carbocycles. The highest BCUT2D eigenvalue weighted by molar-refractivity contribution is 5.83. The molecule has 2 heteroatoms. The first kappa shape index (κ1) is 19.2. The Bertz CT molecular complexity index is 602. The summed E-state index contributed by atoms with van der Waals surface area (Å²) in [4.78, 5) is 11.7. The van der Waals surface area contributed by atoms with Crippen molar-refractivity contribution >= 4 is 5.97 Å². The molecule has 3 fully saturated rings. The van der Waals surface area contributed by atoms with Crippen LogP contribution in [0.3, 0.4) is 0 Å². The molecule has 3 aliphatic rings. The molecule has 26 heavy (non-hydrogen) atoms. The van der Waals surface area contributed by atoms with Gasteiger partial charge in [0.05, 0.1) is 0 Å². The molecule has 2 nitrogen and oxygen atoms in total. The Morgan fingerprint density at radius 3 is 2.23 bits per heavy atom. The van der Waals surface area contributed by atoms with Crippen LogP contribution in [-0.4, -0.2) is 5.97 Å². The van der Waals surface area contributed by atoms with Crippen molar-refractivity contribution in [3.63, 3.8) is 0 Å². The van der Waals surface area contributed by atoms with E-state index < -0.39 is 0 Å². The van der Waals surface area contributed by atoms with Gasteiger partial charge in [-0.2, -0.15) is 0 Å². The first-order chi connectivity index (χ1) is 12.6. The predicted octanol–water partition coefficient (Wildman–Crippen LogP) is 6.73. The van der Waals surface area contributed by atoms with E-state index in [9.17, 15) is 4.79 Å². The Morgan fingerprint density at radius 2 is 1.65 bits per heavy atom. The van der Waals surface area contributed by atoms with Gasteiger partial charge in [-0.05, 0) is 79.9 Å². The number of benzene rings is 1. The van der Waals surface area contributed by atoms with E-state index in [0.717, 1.165) is 6.42 Å². The summed E-state index contributed by atoms with van der Waals surface area (Å²) in [7, 11) is 0. The molecule has 0 radical (unpaired) electrons. The molecule has 0 saturated heterocycles. The number of hydrogen-bond donors (Lipinski definition) is 0. The molecular weight excluding hydrogens is 320 g/mol. The zero-order valence-corrected chi connectivity index (χ0v) is 16.6. The number of hydrogen-bond acceptors (Lipinski definition) is 2. The Balaban J connectivity index is 1.60. The van der Waals surface area contributed by atoms with Crippen LogP contribution in [-0.2, 0) is 10.2 Å². The molecule has 0 unspecified atom stereocenters.